The van der Waals surface area contributed by atoms with Crippen LogP contribution in [0.3, 0.4) is 0 Å². The van der Waals surface area contributed by atoms with Crippen LogP contribution >= 0.6 is 0 Å². The van der Waals surface area contributed by atoms with Gasteiger partial charge in [0, 0.05) is 18.4 Å². The molecule has 0 saturated carbocycles. The first-order chi connectivity index (χ1) is 13.6. The molecule has 1 amide bonds. The number of nitrogens with zero attached hydrogens (tertiary/aromatic N) is 5. The predicted octanol–water partition coefficient (Wildman–Crippen LogP) is 3.19. The van der Waals surface area contributed by atoms with E-state index in [4.69, 9.17) is 0 Å². The fourth-order valence-corrected chi connectivity index (χ4v) is 3.36. The first kappa shape index (κ1) is 16.4. The number of carbonyl (C=O) groups is 1. The summed E-state index contributed by atoms with van der Waals surface area (Å²) in [6.45, 7) is 0. The number of likely N-dealkylation sites (N-methyl/N-ethyl adjacent to an activating group) is 1. The molecule has 0 spiro atoms. The van der Waals surface area contributed by atoms with Crippen LogP contribution in [0.1, 0.15) is 5.56 Å². The summed E-state index contributed by atoms with van der Waals surface area (Å²) in [6.07, 6.45) is 0.386. The van der Waals surface area contributed by atoms with Gasteiger partial charge in [0.05, 0.1) is 12.0 Å². The number of nitrogens with one attached hydrogen (secondary N) is 1. The maximum Gasteiger partial charge on any atom is 0.231 e. The Morgan fingerprint density at radius 2 is 1.93 bits per heavy atom. The van der Waals surface area contributed by atoms with Gasteiger partial charge in [0.2, 0.25) is 5.91 Å². The summed E-state index contributed by atoms with van der Waals surface area (Å²) in [5.74, 6) is 0.579. The molecule has 4 aromatic rings. The molecule has 0 atom stereocenters. The van der Waals surface area contributed by atoms with Gasteiger partial charge in [-0.3, -0.25) is 4.79 Å². The molecule has 0 saturated heterocycles. The Kier molecular flexibility index (Phi) is 3.58. The molecule has 28 heavy (non-hydrogen) atoms. The van der Waals surface area contributed by atoms with Crippen LogP contribution in [-0.2, 0) is 11.2 Å². The van der Waals surface area contributed by atoms with E-state index in [9.17, 15) is 9.18 Å². The smallest absolute Gasteiger partial charge is 0.231 e. The molecule has 2 aromatic heterocycles. The summed E-state index contributed by atoms with van der Waals surface area (Å²) in [5, 5.41) is 15.9. The van der Waals surface area contributed by atoms with Gasteiger partial charge >= 0.3 is 0 Å². The highest BCUT2D eigenvalue weighted by molar-refractivity contribution is 6.01. The zero-order valence-electron chi connectivity index (χ0n) is 14.9. The van der Waals surface area contributed by atoms with E-state index in [0.717, 1.165) is 16.9 Å². The Balaban J connectivity index is 1.51. The molecule has 0 unspecified atom stereocenters. The van der Waals surface area contributed by atoms with Crippen LogP contribution in [0.2, 0.25) is 0 Å². The minimum Gasteiger partial charge on any atom is -0.339 e. The molecule has 8 heteroatoms. The molecule has 1 aliphatic heterocycles. The second-order valence-electron chi connectivity index (χ2n) is 6.59. The molecule has 7 nitrogen and oxygen atoms in total. The number of aromatic nitrogens is 4. The van der Waals surface area contributed by atoms with E-state index in [-0.39, 0.29) is 11.7 Å². The molecule has 0 bridgehead atoms. The Bertz CT molecular complexity index is 1230. The van der Waals surface area contributed by atoms with E-state index >= 15 is 0 Å². The van der Waals surface area contributed by atoms with Crippen molar-refractivity contribution in [3.05, 3.63) is 66.0 Å². The van der Waals surface area contributed by atoms with Gasteiger partial charge in [0.15, 0.2) is 17.3 Å². The van der Waals surface area contributed by atoms with E-state index < -0.39 is 0 Å². The topological polar surface area (TPSA) is 75.4 Å². The number of halogens is 1. The first-order valence-electron chi connectivity index (χ1n) is 8.74. The number of fused-ring (bicyclic) bond motifs is 2. The predicted molar refractivity (Wildman–Crippen MR) is 103 cm³/mol. The summed E-state index contributed by atoms with van der Waals surface area (Å²) in [4.78, 5) is 13.5. The molecule has 0 fully saturated rings. The van der Waals surface area contributed by atoms with Crippen LogP contribution in [0.15, 0.2) is 54.6 Å². The summed E-state index contributed by atoms with van der Waals surface area (Å²) in [5.41, 5.74) is 3.55. The number of rotatable bonds is 3. The normalized spacial score (nSPS) is 13.2. The SMILES string of the molecule is CN1C(=O)Cc2cc(Nc3ccc4nnc(-c5ccccc5F)n4n3)ccc21. The lowest BCUT2D eigenvalue weighted by molar-refractivity contribution is -0.117. The molecule has 2 aromatic carbocycles. The monoisotopic (exact) mass is 374 g/mol. The first-order valence-corrected chi connectivity index (χ1v) is 8.74. The van der Waals surface area contributed by atoms with Crippen molar-refractivity contribution in [1.82, 2.24) is 19.8 Å². The van der Waals surface area contributed by atoms with Crippen molar-refractivity contribution in [1.29, 1.82) is 0 Å². The molecule has 5 rings (SSSR count). The van der Waals surface area contributed by atoms with E-state index in [1.807, 2.05) is 18.2 Å². The van der Waals surface area contributed by atoms with Crippen LogP contribution < -0.4 is 10.2 Å². The van der Waals surface area contributed by atoms with E-state index in [1.165, 1.54) is 10.6 Å². The quantitative estimate of drug-likeness (QED) is 0.596. The molecular weight excluding hydrogens is 359 g/mol. The Hall–Kier alpha value is -3.81. The molecule has 1 aliphatic rings. The lowest BCUT2D eigenvalue weighted by Gasteiger charge is -2.11. The molecule has 0 radical (unpaired) electrons. The van der Waals surface area contributed by atoms with Crippen molar-refractivity contribution < 1.29 is 9.18 Å². The highest BCUT2D eigenvalue weighted by Gasteiger charge is 2.24. The zero-order chi connectivity index (χ0) is 19.3. The van der Waals surface area contributed by atoms with Crippen molar-refractivity contribution in [3.8, 4) is 11.4 Å². The van der Waals surface area contributed by atoms with Crippen molar-refractivity contribution in [2.75, 3.05) is 17.3 Å². The van der Waals surface area contributed by atoms with Gasteiger partial charge in [-0.15, -0.1) is 15.3 Å². The third kappa shape index (κ3) is 2.58. The van der Waals surface area contributed by atoms with Gasteiger partial charge in [0.25, 0.3) is 0 Å². The van der Waals surface area contributed by atoms with Crippen LogP contribution in [0.5, 0.6) is 0 Å². The van der Waals surface area contributed by atoms with Crippen LogP contribution in [0.25, 0.3) is 17.0 Å². The average molecular weight is 374 g/mol. The molecule has 1 N–H and O–H groups in total. The van der Waals surface area contributed by atoms with Gasteiger partial charge in [-0.25, -0.2) is 4.39 Å². The summed E-state index contributed by atoms with van der Waals surface area (Å²) in [6, 6.07) is 15.7. The van der Waals surface area contributed by atoms with E-state index in [2.05, 4.69) is 20.6 Å². The number of amides is 1. The van der Waals surface area contributed by atoms with Crippen LogP contribution in [-0.4, -0.2) is 32.8 Å². The van der Waals surface area contributed by atoms with E-state index in [0.29, 0.717) is 29.3 Å². The maximum atomic E-state index is 14.2. The number of carbonyl (C=O) groups excluding carboxylic acids is 1. The highest BCUT2D eigenvalue weighted by Crippen LogP contribution is 2.31. The standard InChI is InChI=1S/C20H15FN6O/c1-26-16-7-6-13(10-12(16)11-19(26)28)22-17-8-9-18-23-24-20(27(18)25-17)14-4-2-3-5-15(14)21/h2-10H,11H2,1H3,(H,22,25). The van der Waals surface area contributed by atoms with E-state index in [1.54, 1.807) is 42.3 Å². The Morgan fingerprint density at radius 3 is 2.79 bits per heavy atom. The van der Waals surface area contributed by atoms with Crippen LogP contribution in [0, 0.1) is 5.82 Å². The van der Waals surface area contributed by atoms with Crippen molar-refractivity contribution >= 4 is 28.7 Å². The average Bonchev–Trinajstić information content (AvgIpc) is 3.23. The minimum absolute atomic E-state index is 0.0747. The molecular formula is C20H15FN6O. The number of hydrogen-bond donors (Lipinski definition) is 1. The number of hydrogen-bond acceptors (Lipinski definition) is 5. The molecule has 3 heterocycles. The summed E-state index contributed by atoms with van der Waals surface area (Å²) < 4.78 is 15.7. The Morgan fingerprint density at radius 1 is 1.07 bits per heavy atom. The van der Waals surface area contributed by atoms with Gasteiger partial charge in [-0.05, 0) is 48.0 Å². The highest BCUT2D eigenvalue weighted by atomic mass is 19.1. The lowest BCUT2D eigenvalue weighted by Crippen LogP contribution is -2.20. The summed E-state index contributed by atoms with van der Waals surface area (Å²) in [7, 11) is 1.77. The van der Waals surface area contributed by atoms with Crippen molar-refractivity contribution in [3.63, 3.8) is 0 Å². The third-order valence-electron chi connectivity index (χ3n) is 4.81. The maximum absolute atomic E-state index is 14.2. The zero-order valence-corrected chi connectivity index (χ0v) is 14.9. The fraction of sp³-hybridized carbons (Fsp3) is 0.100. The molecule has 0 aliphatic carbocycles. The van der Waals surface area contributed by atoms with Crippen molar-refractivity contribution in [2.24, 2.45) is 0 Å². The summed E-state index contributed by atoms with van der Waals surface area (Å²) >= 11 is 0. The number of benzene rings is 2. The third-order valence-corrected chi connectivity index (χ3v) is 4.81. The fourth-order valence-electron chi connectivity index (χ4n) is 3.36. The van der Waals surface area contributed by atoms with Gasteiger partial charge in [-0.1, -0.05) is 12.1 Å². The van der Waals surface area contributed by atoms with Crippen LogP contribution in [0.4, 0.5) is 21.6 Å². The largest absolute Gasteiger partial charge is 0.339 e. The molecule has 138 valence electrons. The second-order valence-corrected chi connectivity index (χ2v) is 6.59. The second kappa shape index (κ2) is 6.12. The van der Waals surface area contributed by atoms with Gasteiger partial charge in [0.1, 0.15) is 5.82 Å². The van der Waals surface area contributed by atoms with Gasteiger partial charge < -0.3 is 10.2 Å². The van der Waals surface area contributed by atoms with Crippen molar-refractivity contribution in [2.45, 2.75) is 6.42 Å². The van der Waals surface area contributed by atoms with Gasteiger partial charge in [-0.2, -0.15) is 4.52 Å². The number of anilines is 3. The minimum atomic E-state index is -0.385. The Labute approximate surface area is 159 Å². The lowest BCUT2D eigenvalue weighted by atomic mass is 10.1.